The minimum absolute atomic E-state index is 0.0534. The molecule has 1 aliphatic heterocycles. The Hall–Kier alpha value is -0.120. The van der Waals surface area contributed by atoms with Gasteiger partial charge in [-0.1, -0.05) is 0 Å². The number of rotatable bonds is 3. The summed E-state index contributed by atoms with van der Waals surface area (Å²) < 4.78 is 5.37. The topological polar surface area (TPSA) is 32.7 Å². The molecule has 0 aromatic carbocycles. The minimum atomic E-state index is -0.0534. The highest BCUT2D eigenvalue weighted by Crippen LogP contribution is 2.24. The average Bonchev–Trinajstić information content (AvgIpc) is 2.75. The average molecular weight is 199 g/mol. The predicted molar refractivity (Wildman–Crippen MR) is 55.2 cm³/mol. The molecule has 3 atom stereocenters. The summed E-state index contributed by atoms with van der Waals surface area (Å²) in [5.41, 5.74) is 0. The van der Waals surface area contributed by atoms with Gasteiger partial charge in [0.15, 0.2) is 0 Å². The molecule has 0 radical (unpaired) electrons. The van der Waals surface area contributed by atoms with Crippen LogP contribution in [0.5, 0.6) is 0 Å². The van der Waals surface area contributed by atoms with E-state index >= 15 is 0 Å². The molecule has 2 fully saturated rings. The number of aliphatic hydroxyl groups excluding tert-OH is 1. The second-order valence-corrected chi connectivity index (χ2v) is 4.79. The Kier molecular flexibility index (Phi) is 3.42. The van der Waals surface area contributed by atoms with Gasteiger partial charge in [0.2, 0.25) is 0 Å². The zero-order chi connectivity index (χ0) is 9.97. The lowest BCUT2D eigenvalue weighted by molar-refractivity contribution is 0.144. The van der Waals surface area contributed by atoms with Crippen LogP contribution in [0.2, 0.25) is 0 Å². The molecule has 0 spiro atoms. The van der Waals surface area contributed by atoms with Crippen molar-refractivity contribution in [2.75, 3.05) is 26.8 Å². The Balaban J connectivity index is 1.74. The molecular weight excluding hydrogens is 178 g/mol. The maximum absolute atomic E-state index is 9.46. The molecule has 1 aliphatic carbocycles. The van der Waals surface area contributed by atoms with E-state index in [1.807, 2.05) is 0 Å². The maximum atomic E-state index is 9.46. The largest absolute Gasteiger partial charge is 0.393 e. The third-order valence-corrected chi connectivity index (χ3v) is 3.57. The van der Waals surface area contributed by atoms with Gasteiger partial charge in [0, 0.05) is 19.2 Å². The van der Waals surface area contributed by atoms with Crippen LogP contribution in [0.4, 0.5) is 0 Å². The monoisotopic (exact) mass is 199 g/mol. The second-order valence-electron chi connectivity index (χ2n) is 4.79. The first kappa shape index (κ1) is 10.4. The maximum Gasteiger partial charge on any atom is 0.0555 e. The number of hydrogen-bond acceptors (Lipinski definition) is 3. The van der Waals surface area contributed by atoms with Crippen LogP contribution in [0.25, 0.3) is 0 Å². The smallest absolute Gasteiger partial charge is 0.0555 e. The van der Waals surface area contributed by atoms with Gasteiger partial charge in [0.05, 0.1) is 12.7 Å². The molecular formula is C11H21NO2. The summed E-state index contributed by atoms with van der Waals surface area (Å²) in [5.74, 6) is 0.720. The normalized spacial score (nSPS) is 38.4. The number of aliphatic hydroxyl groups is 1. The van der Waals surface area contributed by atoms with Crippen molar-refractivity contribution in [3.63, 3.8) is 0 Å². The van der Waals surface area contributed by atoms with Crippen molar-refractivity contribution in [1.29, 1.82) is 0 Å². The lowest BCUT2D eigenvalue weighted by Crippen LogP contribution is -2.34. The Morgan fingerprint density at radius 3 is 2.79 bits per heavy atom. The lowest BCUT2D eigenvalue weighted by atomic mass is 10.1. The van der Waals surface area contributed by atoms with Crippen molar-refractivity contribution in [2.24, 2.45) is 5.92 Å². The molecule has 0 aromatic rings. The molecule has 2 aliphatic rings. The van der Waals surface area contributed by atoms with Crippen molar-refractivity contribution >= 4 is 0 Å². The van der Waals surface area contributed by atoms with Crippen LogP contribution in [0.15, 0.2) is 0 Å². The summed E-state index contributed by atoms with van der Waals surface area (Å²) in [5, 5.41) is 9.46. The van der Waals surface area contributed by atoms with E-state index in [2.05, 4.69) is 11.9 Å². The molecule has 0 amide bonds. The quantitative estimate of drug-likeness (QED) is 0.732. The summed E-state index contributed by atoms with van der Waals surface area (Å²) in [6.45, 7) is 3.00. The summed E-state index contributed by atoms with van der Waals surface area (Å²) in [7, 11) is 2.18. The van der Waals surface area contributed by atoms with Crippen LogP contribution in [0, 0.1) is 5.92 Å². The Bertz CT molecular complexity index is 180. The molecule has 3 nitrogen and oxygen atoms in total. The van der Waals surface area contributed by atoms with Gasteiger partial charge in [-0.05, 0) is 38.6 Å². The van der Waals surface area contributed by atoms with E-state index in [1.54, 1.807) is 0 Å². The summed E-state index contributed by atoms with van der Waals surface area (Å²) >= 11 is 0. The fourth-order valence-electron chi connectivity index (χ4n) is 2.62. The van der Waals surface area contributed by atoms with Crippen LogP contribution in [-0.2, 0) is 4.74 Å². The van der Waals surface area contributed by atoms with Gasteiger partial charge < -0.3 is 14.7 Å². The van der Waals surface area contributed by atoms with Crippen LogP contribution >= 0.6 is 0 Å². The minimum Gasteiger partial charge on any atom is -0.393 e. The van der Waals surface area contributed by atoms with Gasteiger partial charge in [-0.2, -0.15) is 0 Å². The van der Waals surface area contributed by atoms with E-state index in [1.165, 1.54) is 6.42 Å². The first-order chi connectivity index (χ1) is 6.75. The number of ether oxygens (including phenoxy) is 1. The van der Waals surface area contributed by atoms with Gasteiger partial charge >= 0.3 is 0 Å². The van der Waals surface area contributed by atoms with E-state index < -0.39 is 0 Å². The summed E-state index contributed by atoms with van der Waals surface area (Å²) in [4.78, 5) is 2.41. The molecule has 1 N–H and O–H groups in total. The van der Waals surface area contributed by atoms with E-state index in [4.69, 9.17) is 4.74 Å². The Morgan fingerprint density at radius 2 is 2.21 bits per heavy atom. The van der Waals surface area contributed by atoms with Gasteiger partial charge in [0.25, 0.3) is 0 Å². The van der Waals surface area contributed by atoms with Crippen LogP contribution in [0.3, 0.4) is 0 Å². The van der Waals surface area contributed by atoms with E-state index in [-0.39, 0.29) is 6.10 Å². The zero-order valence-corrected chi connectivity index (χ0v) is 8.98. The van der Waals surface area contributed by atoms with Crippen LogP contribution in [0.1, 0.15) is 25.7 Å². The van der Waals surface area contributed by atoms with Crippen molar-refractivity contribution in [3.05, 3.63) is 0 Å². The van der Waals surface area contributed by atoms with Crippen molar-refractivity contribution in [1.82, 2.24) is 4.90 Å². The first-order valence-electron chi connectivity index (χ1n) is 5.71. The highest BCUT2D eigenvalue weighted by Gasteiger charge is 2.28. The summed E-state index contributed by atoms with van der Waals surface area (Å²) in [6.07, 6.45) is 4.26. The molecule has 3 unspecified atom stereocenters. The van der Waals surface area contributed by atoms with E-state index in [0.29, 0.717) is 6.04 Å². The predicted octanol–water partition coefficient (Wildman–Crippen LogP) is 0.868. The fourth-order valence-corrected chi connectivity index (χ4v) is 2.62. The van der Waals surface area contributed by atoms with Crippen molar-refractivity contribution in [3.8, 4) is 0 Å². The SMILES string of the molecule is CN(CC1CCOC1)C1CCC(O)C1. The van der Waals surface area contributed by atoms with Gasteiger partial charge in [-0.15, -0.1) is 0 Å². The summed E-state index contributed by atoms with van der Waals surface area (Å²) in [6, 6.07) is 0.602. The lowest BCUT2D eigenvalue weighted by Gasteiger charge is -2.26. The highest BCUT2D eigenvalue weighted by molar-refractivity contribution is 4.82. The molecule has 14 heavy (non-hydrogen) atoms. The van der Waals surface area contributed by atoms with Crippen LogP contribution in [-0.4, -0.2) is 49.0 Å². The molecule has 1 saturated carbocycles. The first-order valence-corrected chi connectivity index (χ1v) is 5.71. The van der Waals surface area contributed by atoms with E-state index in [0.717, 1.165) is 44.9 Å². The zero-order valence-electron chi connectivity index (χ0n) is 8.98. The third-order valence-electron chi connectivity index (χ3n) is 3.57. The van der Waals surface area contributed by atoms with E-state index in [9.17, 15) is 5.11 Å². The standard InChI is InChI=1S/C11H21NO2/c1-12(7-9-4-5-14-8-9)10-2-3-11(13)6-10/h9-11,13H,2-8H2,1H3. The molecule has 1 heterocycles. The number of nitrogens with zero attached hydrogens (tertiary/aromatic N) is 1. The van der Waals surface area contributed by atoms with Gasteiger partial charge in [-0.3, -0.25) is 0 Å². The Morgan fingerprint density at radius 1 is 1.36 bits per heavy atom. The second kappa shape index (κ2) is 4.60. The highest BCUT2D eigenvalue weighted by atomic mass is 16.5. The van der Waals surface area contributed by atoms with Gasteiger partial charge in [0.1, 0.15) is 0 Å². The molecule has 0 bridgehead atoms. The van der Waals surface area contributed by atoms with Crippen molar-refractivity contribution < 1.29 is 9.84 Å². The third kappa shape index (κ3) is 2.47. The number of hydrogen-bond donors (Lipinski definition) is 1. The van der Waals surface area contributed by atoms with Crippen LogP contribution < -0.4 is 0 Å². The fraction of sp³-hybridized carbons (Fsp3) is 1.00. The molecule has 2 rings (SSSR count). The van der Waals surface area contributed by atoms with Gasteiger partial charge in [-0.25, -0.2) is 0 Å². The molecule has 82 valence electrons. The Labute approximate surface area is 86.0 Å². The molecule has 1 saturated heterocycles. The van der Waals surface area contributed by atoms with Crippen molar-refractivity contribution in [2.45, 2.75) is 37.8 Å². The molecule has 0 aromatic heterocycles. The molecule has 3 heteroatoms.